The molecule has 17 heavy (non-hydrogen) atoms. The molecule has 0 aliphatic carbocycles. The Bertz CT molecular complexity index is 398. The lowest BCUT2D eigenvalue weighted by Crippen LogP contribution is -2.17. The van der Waals surface area contributed by atoms with Crippen molar-refractivity contribution in [2.45, 2.75) is 13.3 Å². The van der Waals surface area contributed by atoms with Crippen LogP contribution < -0.4 is 5.32 Å². The van der Waals surface area contributed by atoms with Gasteiger partial charge in [-0.05, 0) is 40.0 Å². The van der Waals surface area contributed by atoms with Gasteiger partial charge in [-0.25, -0.2) is 0 Å². The van der Waals surface area contributed by atoms with Crippen molar-refractivity contribution < 1.29 is 9.53 Å². The first-order chi connectivity index (χ1) is 8.02. The monoisotopic (exact) mass is 319 g/mol. The first kappa shape index (κ1) is 14.5. The van der Waals surface area contributed by atoms with Gasteiger partial charge in [0.2, 0.25) is 5.91 Å². The average molecular weight is 321 g/mol. The molecule has 0 radical (unpaired) electrons. The summed E-state index contributed by atoms with van der Waals surface area (Å²) in [6.45, 7) is 2.55. The van der Waals surface area contributed by atoms with Crippen LogP contribution in [-0.4, -0.2) is 19.6 Å². The molecule has 1 aromatic rings. The van der Waals surface area contributed by atoms with Crippen molar-refractivity contribution in [3.63, 3.8) is 0 Å². The Morgan fingerprint density at radius 1 is 1.59 bits per heavy atom. The molecule has 0 saturated heterocycles. The third-order valence-electron chi connectivity index (χ3n) is 2.19. The van der Waals surface area contributed by atoms with E-state index in [-0.39, 0.29) is 11.8 Å². The summed E-state index contributed by atoms with van der Waals surface area (Å²) < 4.78 is 5.76. The number of amides is 1. The molecule has 1 rings (SSSR count). The van der Waals surface area contributed by atoms with Gasteiger partial charge in [0.15, 0.2) is 0 Å². The van der Waals surface area contributed by atoms with Crippen LogP contribution in [-0.2, 0) is 9.53 Å². The number of ether oxygens (including phenoxy) is 1. The number of halogens is 2. The Morgan fingerprint density at radius 2 is 2.29 bits per heavy atom. The zero-order valence-corrected chi connectivity index (χ0v) is 12.1. The largest absolute Gasteiger partial charge is 0.384 e. The highest BCUT2D eigenvalue weighted by atomic mass is 79.9. The van der Waals surface area contributed by atoms with Crippen LogP contribution in [0.2, 0.25) is 5.02 Å². The fourth-order valence-corrected chi connectivity index (χ4v) is 2.23. The predicted octanol–water partition coefficient (Wildman–Crippen LogP) is 3.71. The smallest absolute Gasteiger partial charge is 0.224 e. The van der Waals surface area contributed by atoms with Crippen LogP contribution in [0.1, 0.15) is 13.3 Å². The lowest BCUT2D eigenvalue weighted by molar-refractivity contribution is -0.117. The Morgan fingerprint density at radius 3 is 2.88 bits per heavy atom. The third-order valence-corrected chi connectivity index (χ3v) is 3.08. The Balaban J connectivity index is 2.56. The summed E-state index contributed by atoms with van der Waals surface area (Å²) in [5.41, 5.74) is 0.726. The Hall–Kier alpha value is -0.580. The lowest BCUT2D eigenvalue weighted by atomic mass is 10.1. The molecule has 3 nitrogen and oxygen atoms in total. The number of hydrogen-bond acceptors (Lipinski definition) is 2. The second-order valence-electron chi connectivity index (χ2n) is 3.94. The Kier molecular flexibility index (Phi) is 5.95. The molecule has 1 atom stereocenters. The minimum Gasteiger partial charge on any atom is -0.384 e. The first-order valence-electron chi connectivity index (χ1n) is 5.26. The Labute approximate surface area is 115 Å². The molecular formula is C12H15BrClNO2. The van der Waals surface area contributed by atoms with Gasteiger partial charge in [0.25, 0.3) is 0 Å². The van der Waals surface area contributed by atoms with Gasteiger partial charge in [0, 0.05) is 29.6 Å². The van der Waals surface area contributed by atoms with Crippen LogP contribution in [0.15, 0.2) is 22.7 Å². The normalized spacial score (nSPS) is 12.2. The molecule has 0 aliphatic heterocycles. The van der Waals surface area contributed by atoms with Gasteiger partial charge >= 0.3 is 0 Å². The third kappa shape index (κ3) is 5.06. The number of hydrogen-bond donors (Lipinski definition) is 1. The summed E-state index contributed by atoms with van der Waals surface area (Å²) in [6.07, 6.45) is 0.433. The van der Waals surface area contributed by atoms with E-state index in [0.717, 1.165) is 10.2 Å². The van der Waals surface area contributed by atoms with Crippen molar-refractivity contribution in [1.29, 1.82) is 0 Å². The quantitative estimate of drug-likeness (QED) is 0.898. The highest BCUT2D eigenvalue weighted by Crippen LogP contribution is 2.26. The van der Waals surface area contributed by atoms with Crippen LogP contribution in [0, 0.1) is 5.92 Å². The van der Waals surface area contributed by atoms with Crippen molar-refractivity contribution in [2.24, 2.45) is 5.92 Å². The number of nitrogens with one attached hydrogen (secondary N) is 1. The second-order valence-corrected chi connectivity index (χ2v) is 5.23. The molecular weight excluding hydrogens is 305 g/mol. The minimum absolute atomic E-state index is 0.0300. The summed E-state index contributed by atoms with van der Waals surface area (Å²) >= 11 is 9.17. The highest BCUT2D eigenvalue weighted by molar-refractivity contribution is 9.10. The van der Waals surface area contributed by atoms with E-state index in [1.54, 1.807) is 25.3 Å². The van der Waals surface area contributed by atoms with Crippen molar-refractivity contribution >= 4 is 39.1 Å². The molecule has 0 bridgehead atoms. The van der Waals surface area contributed by atoms with Crippen molar-refractivity contribution in [3.8, 4) is 0 Å². The molecule has 0 heterocycles. The second kappa shape index (κ2) is 6.99. The summed E-state index contributed by atoms with van der Waals surface area (Å²) in [4.78, 5) is 11.7. The topological polar surface area (TPSA) is 38.3 Å². The maximum absolute atomic E-state index is 11.7. The first-order valence-corrected chi connectivity index (χ1v) is 6.44. The van der Waals surface area contributed by atoms with Gasteiger partial charge in [-0.1, -0.05) is 18.5 Å². The number of carbonyl (C=O) groups excluding carboxylic acids is 1. The van der Waals surface area contributed by atoms with E-state index in [1.165, 1.54) is 0 Å². The molecule has 1 aromatic carbocycles. The molecule has 5 heteroatoms. The number of anilines is 1. The fraction of sp³-hybridized carbons (Fsp3) is 0.417. The zero-order chi connectivity index (χ0) is 12.8. The van der Waals surface area contributed by atoms with Gasteiger partial charge < -0.3 is 10.1 Å². The van der Waals surface area contributed by atoms with Crippen LogP contribution in [0.3, 0.4) is 0 Å². The maximum atomic E-state index is 11.7. The van der Waals surface area contributed by atoms with Gasteiger partial charge in [-0.2, -0.15) is 0 Å². The average Bonchev–Trinajstić information content (AvgIpc) is 2.22. The lowest BCUT2D eigenvalue weighted by Gasteiger charge is -2.11. The van der Waals surface area contributed by atoms with E-state index in [0.29, 0.717) is 18.1 Å². The molecule has 0 spiro atoms. The molecule has 0 saturated carbocycles. The van der Waals surface area contributed by atoms with E-state index in [4.69, 9.17) is 16.3 Å². The van der Waals surface area contributed by atoms with Crippen LogP contribution in [0.5, 0.6) is 0 Å². The standard InChI is InChI=1S/C12H15BrClNO2/c1-8(7-17-2)5-12(16)15-11-4-3-9(14)6-10(11)13/h3-4,6,8H,5,7H2,1-2H3,(H,15,16). The molecule has 0 aliphatic rings. The summed E-state index contributed by atoms with van der Waals surface area (Å²) in [5, 5.41) is 3.45. The predicted molar refractivity (Wildman–Crippen MR) is 73.4 cm³/mol. The molecule has 0 fully saturated rings. The van der Waals surface area contributed by atoms with E-state index < -0.39 is 0 Å². The summed E-state index contributed by atoms with van der Waals surface area (Å²) in [7, 11) is 1.63. The van der Waals surface area contributed by atoms with Gasteiger partial charge in [-0.15, -0.1) is 0 Å². The number of benzene rings is 1. The van der Waals surface area contributed by atoms with E-state index in [1.807, 2.05) is 6.92 Å². The van der Waals surface area contributed by atoms with Gasteiger partial charge in [-0.3, -0.25) is 4.79 Å². The molecule has 1 amide bonds. The molecule has 94 valence electrons. The molecule has 1 N–H and O–H groups in total. The SMILES string of the molecule is COCC(C)CC(=O)Nc1ccc(Cl)cc1Br. The van der Waals surface area contributed by atoms with E-state index in [9.17, 15) is 4.79 Å². The zero-order valence-electron chi connectivity index (χ0n) is 9.80. The maximum Gasteiger partial charge on any atom is 0.224 e. The van der Waals surface area contributed by atoms with E-state index >= 15 is 0 Å². The number of rotatable bonds is 5. The van der Waals surface area contributed by atoms with E-state index in [2.05, 4.69) is 21.2 Å². The fourth-order valence-electron chi connectivity index (χ4n) is 1.45. The van der Waals surface area contributed by atoms with Crippen molar-refractivity contribution in [3.05, 3.63) is 27.7 Å². The highest BCUT2D eigenvalue weighted by Gasteiger charge is 2.10. The van der Waals surface area contributed by atoms with Gasteiger partial charge in [0.1, 0.15) is 0 Å². The van der Waals surface area contributed by atoms with Crippen molar-refractivity contribution in [2.75, 3.05) is 19.0 Å². The summed E-state index contributed by atoms with van der Waals surface area (Å²) in [6, 6.07) is 5.25. The van der Waals surface area contributed by atoms with Gasteiger partial charge in [0.05, 0.1) is 5.69 Å². The van der Waals surface area contributed by atoms with Crippen molar-refractivity contribution in [1.82, 2.24) is 0 Å². The minimum atomic E-state index is -0.0300. The number of methoxy groups -OCH3 is 1. The summed E-state index contributed by atoms with van der Waals surface area (Å²) in [5.74, 6) is 0.170. The van der Waals surface area contributed by atoms with Crippen LogP contribution in [0.25, 0.3) is 0 Å². The number of carbonyl (C=O) groups is 1. The molecule has 0 aromatic heterocycles. The van der Waals surface area contributed by atoms with Crippen LogP contribution in [0.4, 0.5) is 5.69 Å². The van der Waals surface area contributed by atoms with Crippen LogP contribution >= 0.6 is 27.5 Å². The molecule has 1 unspecified atom stereocenters.